The summed E-state index contributed by atoms with van der Waals surface area (Å²) < 4.78 is 11.2. The van der Waals surface area contributed by atoms with Crippen molar-refractivity contribution in [3.05, 3.63) is 24.3 Å². The third kappa shape index (κ3) is 2.01. The first-order valence-electron chi connectivity index (χ1n) is 5.74. The van der Waals surface area contributed by atoms with Gasteiger partial charge in [0, 0.05) is 25.6 Å². The van der Waals surface area contributed by atoms with E-state index >= 15 is 0 Å². The van der Waals surface area contributed by atoms with Gasteiger partial charge in [0.15, 0.2) is 0 Å². The molecule has 4 nitrogen and oxygen atoms in total. The first kappa shape index (κ1) is 11.0. The lowest BCUT2D eigenvalue weighted by atomic mass is 10.2. The molecule has 17 heavy (non-hydrogen) atoms. The highest BCUT2D eigenvalue weighted by atomic mass is 32.1. The van der Waals surface area contributed by atoms with Crippen LogP contribution < -0.4 is 10.2 Å². The van der Waals surface area contributed by atoms with Gasteiger partial charge in [-0.05, 0) is 23.7 Å². The van der Waals surface area contributed by atoms with E-state index in [9.17, 15) is 0 Å². The van der Waals surface area contributed by atoms with Crippen molar-refractivity contribution in [1.29, 1.82) is 0 Å². The van der Waals surface area contributed by atoms with Gasteiger partial charge in [-0.1, -0.05) is 12.1 Å². The van der Waals surface area contributed by atoms with E-state index in [-0.39, 0.29) is 6.23 Å². The first-order chi connectivity index (χ1) is 8.38. The van der Waals surface area contributed by atoms with Crippen molar-refractivity contribution in [2.75, 3.05) is 31.6 Å². The maximum Gasteiger partial charge on any atom is 0.150 e. The Balaban J connectivity index is 1.92. The normalized spacial score (nSPS) is 21.0. The van der Waals surface area contributed by atoms with Crippen molar-refractivity contribution in [3.63, 3.8) is 0 Å². The quantitative estimate of drug-likeness (QED) is 0.878. The van der Waals surface area contributed by atoms with Gasteiger partial charge < -0.3 is 9.64 Å². The Hall–Kier alpha value is -1.17. The van der Waals surface area contributed by atoms with Crippen LogP contribution in [-0.2, 0) is 4.74 Å². The van der Waals surface area contributed by atoms with Gasteiger partial charge in [-0.15, -0.1) is 0 Å². The molecule has 1 aromatic carbocycles. The molecule has 2 heterocycles. The third-order valence-corrected chi connectivity index (χ3v) is 3.90. The van der Waals surface area contributed by atoms with E-state index in [1.165, 1.54) is 10.1 Å². The Bertz CT molecular complexity index is 513. The second-order valence-electron chi connectivity index (χ2n) is 4.13. The predicted molar refractivity (Wildman–Crippen MR) is 70.6 cm³/mol. The van der Waals surface area contributed by atoms with E-state index in [0.717, 1.165) is 25.5 Å². The molecule has 0 amide bonds. The summed E-state index contributed by atoms with van der Waals surface area (Å²) in [4.78, 5) is 2.30. The average Bonchev–Trinajstić information content (AvgIpc) is 2.82. The minimum Gasteiger partial charge on any atom is -0.365 e. The molecular formula is C12H15N3OS. The van der Waals surface area contributed by atoms with Crippen LogP contribution in [0.5, 0.6) is 0 Å². The molecule has 1 aromatic heterocycles. The van der Waals surface area contributed by atoms with Crippen LogP contribution in [0.2, 0.25) is 0 Å². The van der Waals surface area contributed by atoms with Crippen molar-refractivity contribution in [3.8, 4) is 0 Å². The summed E-state index contributed by atoms with van der Waals surface area (Å²) in [7, 11) is 1.74. The van der Waals surface area contributed by atoms with Crippen LogP contribution in [0.15, 0.2) is 24.3 Å². The topological polar surface area (TPSA) is 37.4 Å². The second kappa shape index (κ2) is 4.60. The number of hydrogen-bond donors (Lipinski definition) is 1. The second-order valence-corrected chi connectivity index (χ2v) is 4.93. The number of piperazine rings is 1. The summed E-state index contributed by atoms with van der Waals surface area (Å²) in [5.41, 5.74) is 0. The Kier molecular flexibility index (Phi) is 2.96. The minimum atomic E-state index is 0.101. The molecule has 0 aliphatic carbocycles. The number of methoxy groups -OCH3 is 1. The van der Waals surface area contributed by atoms with Gasteiger partial charge in [0.1, 0.15) is 12.0 Å². The van der Waals surface area contributed by atoms with Crippen LogP contribution in [0.3, 0.4) is 0 Å². The summed E-state index contributed by atoms with van der Waals surface area (Å²) >= 11 is 1.56. The van der Waals surface area contributed by atoms with Crippen molar-refractivity contribution < 1.29 is 4.74 Å². The fraction of sp³-hybridized carbons (Fsp3) is 0.417. The van der Waals surface area contributed by atoms with E-state index < -0.39 is 0 Å². The highest BCUT2D eigenvalue weighted by Gasteiger charge is 2.21. The Morgan fingerprint density at radius 1 is 1.47 bits per heavy atom. The molecule has 0 spiro atoms. The summed E-state index contributed by atoms with van der Waals surface area (Å²) in [6, 6.07) is 8.38. The standard InChI is InChI=1S/C12H15N3OS/c1-16-11-8-15(7-6-13-11)12-9-4-2-3-5-10(9)17-14-12/h2-5,11,13H,6-8H2,1H3. The lowest BCUT2D eigenvalue weighted by molar-refractivity contribution is 0.0705. The molecule has 1 aliphatic heterocycles. The number of benzene rings is 1. The van der Waals surface area contributed by atoms with E-state index in [1.54, 1.807) is 18.6 Å². The van der Waals surface area contributed by atoms with Crippen molar-refractivity contribution in [1.82, 2.24) is 9.69 Å². The number of hydrogen-bond acceptors (Lipinski definition) is 5. The first-order valence-corrected chi connectivity index (χ1v) is 6.51. The smallest absolute Gasteiger partial charge is 0.150 e. The number of fused-ring (bicyclic) bond motifs is 1. The molecule has 0 radical (unpaired) electrons. The van der Waals surface area contributed by atoms with Gasteiger partial charge in [-0.25, -0.2) is 0 Å². The Morgan fingerprint density at radius 3 is 3.24 bits per heavy atom. The van der Waals surface area contributed by atoms with Gasteiger partial charge in [0.2, 0.25) is 0 Å². The highest BCUT2D eigenvalue weighted by molar-refractivity contribution is 7.13. The number of nitrogens with one attached hydrogen (secondary N) is 1. The SMILES string of the molecule is COC1CN(c2nsc3ccccc23)CCN1. The summed E-state index contributed by atoms with van der Waals surface area (Å²) in [6.45, 7) is 2.77. The number of rotatable bonds is 2. The van der Waals surface area contributed by atoms with Crippen molar-refractivity contribution >= 4 is 27.4 Å². The Labute approximate surface area is 104 Å². The highest BCUT2D eigenvalue weighted by Crippen LogP contribution is 2.29. The largest absolute Gasteiger partial charge is 0.365 e. The van der Waals surface area contributed by atoms with Crippen LogP contribution in [0, 0.1) is 0 Å². The van der Waals surface area contributed by atoms with E-state index in [4.69, 9.17) is 4.74 Å². The molecule has 5 heteroatoms. The number of ether oxygens (including phenoxy) is 1. The zero-order valence-electron chi connectivity index (χ0n) is 9.72. The van der Waals surface area contributed by atoms with Crippen molar-refractivity contribution in [2.24, 2.45) is 0 Å². The van der Waals surface area contributed by atoms with Crippen LogP contribution in [0.25, 0.3) is 10.1 Å². The molecule has 1 saturated heterocycles. The molecule has 1 fully saturated rings. The number of aromatic nitrogens is 1. The van der Waals surface area contributed by atoms with Crippen LogP contribution in [0.4, 0.5) is 5.82 Å². The zero-order chi connectivity index (χ0) is 11.7. The maximum atomic E-state index is 5.35. The van der Waals surface area contributed by atoms with E-state index in [0.29, 0.717) is 0 Å². The Morgan fingerprint density at radius 2 is 2.35 bits per heavy atom. The molecule has 3 rings (SSSR count). The fourth-order valence-corrected chi connectivity index (χ4v) is 2.96. The maximum absolute atomic E-state index is 5.35. The van der Waals surface area contributed by atoms with Crippen molar-refractivity contribution in [2.45, 2.75) is 6.23 Å². The molecule has 0 saturated carbocycles. The van der Waals surface area contributed by atoms with Crippen LogP contribution in [-0.4, -0.2) is 37.3 Å². The van der Waals surface area contributed by atoms with E-state index in [1.807, 2.05) is 0 Å². The summed E-state index contributed by atoms with van der Waals surface area (Å²) in [5, 5.41) is 4.57. The molecule has 1 aliphatic rings. The monoisotopic (exact) mass is 249 g/mol. The van der Waals surface area contributed by atoms with Gasteiger partial charge >= 0.3 is 0 Å². The lowest BCUT2D eigenvalue weighted by Gasteiger charge is -2.33. The molecule has 1 unspecified atom stereocenters. The molecule has 1 atom stereocenters. The predicted octanol–water partition coefficient (Wildman–Crippen LogP) is 1.68. The summed E-state index contributed by atoms with van der Waals surface area (Å²) in [6.07, 6.45) is 0.101. The van der Waals surface area contributed by atoms with Gasteiger partial charge in [-0.2, -0.15) is 4.37 Å². The van der Waals surface area contributed by atoms with Crippen LogP contribution in [0.1, 0.15) is 0 Å². The van der Waals surface area contributed by atoms with Gasteiger partial charge in [-0.3, -0.25) is 5.32 Å². The average molecular weight is 249 g/mol. The lowest BCUT2D eigenvalue weighted by Crippen LogP contribution is -2.51. The number of nitrogens with zero attached hydrogens (tertiary/aromatic N) is 2. The number of anilines is 1. The fourth-order valence-electron chi connectivity index (χ4n) is 2.17. The van der Waals surface area contributed by atoms with E-state index in [2.05, 4.69) is 38.9 Å². The minimum absolute atomic E-state index is 0.101. The van der Waals surface area contributed by atoms with Gasteiger partial charge in [0.05, 0.1) is 11.2 Å². The van der Waals surface area contributed by atoms with Gasteiger partial charge in [0.25, 0.3) is 0 Å². The zero-order valence-corrected chi connectivity index (χ0v) is 10.5. The van der Waals surface area contributed by atoms with Crippen LogP contribution >= 0.6 is 11.5 Å². The molecule has 1 N–H and O–H groups in total. The molecular weight excluding hydrogens is 234 g/mol. The summed E-state index contributed by atoms with van der Waals surface area (Å²) in [5.74, 6) is 1.09. The molecule has 90 valence electrons. The molecule has 2 aromatic rings. The molecule has 0 bridgehead atoms. The third-order valence-electron chi connectivity index (χ3n) is 3.08.